The highest BCUT2D eigenvalue weighted by atomic mass is 16.3. The summed E-state index contributed by atoms with van der Waals surface area (Å²) in [5, 5.41) is 10.0. The van der Waals surface area contributed by atoms with Crippen molar-refractivity contribution in [3.63, 3.8) is 0 Å². The molecule has 1 nitrogen and oxygen atoms in total. The maximum atomic E-state index is 10.0. The van der Waals surface area contributed by atoms with Crippen LogP contribution in [0.2, 0.25) is 0 Å². The fourth-order valence-electron chi connectivity index (χ4n) is 2.80. The number of aliphatic hydroxyl groups excluding tert-OH is 1. The van der Waals surface area contributed by atoms with E-state index in [1.807, 2.05) is 0 Å². The van der Waals surface area contributed by atoms with Gasteiger partial charge in [-0.1, -0.05) is 20.8 Å². The predicted octanol–water partition coefficient (Wildman–Crippen LogP) is 2.19. The molecule has 0 aromatic heterocycles. The van der Waals surface area contributed by atoms with Gasteiger partial charge in [0.25, 0.3) is 0 Å². The maximum Gasteiger partial charge on any atom is 0.0644 e. The summed E-state index contributed by atoms with van der Waals surface area (Å²) in [4.78, 5) is 0. The quantitative estimate of drug-likeness (QED) is 0.614. The molecule has 0 aromatic carbocycles. The maximum absolute atomic E-state index is 10.0. The molecule has 64 valence electrons. The molecule has 1 heteroatoms. The minimum absolute atomic E-state index is 0.0694. The van der Waals surface area contributed by atoms with E-state index in [2.05, 4.69) is 20.8 Å². The van der Waals surface area contributed by atoms with Crippen molar-refractivity contribution in [1.82, 2.24) is 0 Å². The van der Waals surface area contributed by atoms with Crippen LogP contribution < -0.4 is 0 Å². The fraction of sp³-hybridized carbons (Fsp3) is 1.00. The molecule has 3 rings (SSSR count). The van der Waals surface area contributed by atoms with Crippen molar-refractivity contribution < 1.29 is 5.11 Å². The Balaban J connectivity index is 2.04. The van der Waals surface area contributed by atoms with Gasteiger partial charge in [-0.25, -0.2) is 0 Å². The van der Waals surface area contributed by atoms with Gasteiger partial charge in [-0.2, -0.15) is 0 Å². The van der Waals surface area contributed by atoms with Crippen molar-refractivity contribution >= 4 is 0 Å². The Morgan fingerprint density at radius 3 is 1.82 bits per heavy atom. The monoisotopic (exact) mass is 154 g/mol. The van der Waals surface area contributed by atoms with Crippen LogP contribution in [0.1, 0.15) is 40.0 Å². The zero-order valence-electron chi connectivity index (χ0n) is 7.72. The van der Waals surface area contributed by atoms with Gasteiger partial charge in [-0.3, -0.25) is 0 Å². The highest BCUT2D eigenvalue weighted by molar-refractivity contribution is 5.12. The molecule has 0 amide bonds. The van der Waals surface area contributed by atoms with Crippen LogP contribution in [0, 0.1) is 16.7 Å². The van der Waals surface area contributed by atoms with E-state index in [9.17, 15) is 5.11 Å². The molecule has 3 saturated carbocycles. The third-order valence-electron chi connectivity index (χ3n) is 3.49. The second kappa shape index (κ2) is 1.82. The standard InChI is InChI=1S/C10H18O/c1-9(2,3)8(11)10-4-7(5-10)6-10/h7-8,11H,4-6H2,1-3H3. The van der Waals surface area contributed by atoms with Gasteiger partial charge in [0, 0.05) is 0 Å². The first-order valence-corrected chi connectivity index (χ1v) is 4.62. The van der Waals surface area contributed by atoms with Crippen LogP contribution in [0.5, 0.6) is 0 Å². The summed E-state index contributed by atoms with van der Waals surface area (Å²) in [7, 11) is 0. The Labute approximate surface area is 68.8 Å². The Morgan fingerprint density at radius 1 is 1.27 bits per heavy atom. The highest BCUT2D eigenvalue weighted by Gasteiger charge is 2.62. The van der Waals surface area contributed by atoms with Gasteiger partial charge in [0.2, 0.25) is 0 Å². The van der Waals surface area contributed by atoms with Crippen LogP contribution in [0.3, 0.4) is 0 Å². The fourth-order valence-corrected chi connectivity index (χ4v) is 2.80. The summed E-state index contributed by atoms with van der Waals surface area (Å²) in [5.74, 6) is 0.979. The molecule has 0 aromatic rings. The molecule has 0 aliphatic heterocycles. The van der Waals surface area contributed by atoms with Crippen molar-refractivity contribution in [2.45, 2.75) is 46.1 Å². The van der Waals surface area contributed by atoms with Crippen molar-refractivity contribution in [2.24, 2.45) is 16.7 Å². The summed E-state index contributed by atoms with van der Waals surface area (Å²) in [5.41, 5.74) is 0.453. The van der Waals surface area contributed by atoms with Crippen LogP contribution in [-0.2, 0) is 0 Å². The van der Waals surface area contributed by atoms with Crippen molar-refractivity contribution in [1.29, 1.82) is 0 Å². The van der Waals surface area contributed by atoms with Crippen LogP contribution in [-0.4, -0.2) is 11.2 Å². The van der Waals surface area contributed by atoms with Gasteiger partial charge in [0.1, 0.15) is 0 Å². The average molecular weight is 154 g/mol. The second-order valence-corrected chi connectivity index (χ2v) is 5.61. The van der Waals surface area contributed by atoms with Gasteiger partial charge in [-0.05, 0) is 36.0 Å². The Bertz CT molecular complexity index is 161. The summed E-state index contributed by atoms with van der Waals surface area (Å²) in [6.07, 6.45) is 3.82. The first-order chi connectivity index (χ1) is 4.94. The zero-order valence-corrected chi connectivity index (χ0v) is 7.72. The van der Waals surface area contributed by atoms with E-state index in [1.165, 1.54) is 19.3 Å². The molecular formula is C10H18O. The lowest BCUT2D eigenvalue weighted by atomic mass is 9.40. The molecule has 0 heterocycles. The average Bonchev–Trinajstić information content (AvgIpc) is 1.52. The zero-order chi connectivity index (χ0) is 8.28. The molecule has 3 aliphatic carbocycles. The van der Waals surface area contributed by atoms with E-state index in [-0.39, 0.29) is 11.5 Å². The normalized spacial score (nSPS) is 44.2. The smallest absolute Gasteiger partial charge is 0.0644 e. The largest absolute Gasteiger partial charge is 0.392 e. The Morgan fingerprint density at radius 2 is 1.73 bits per heavy atom. The van der Waals surface area contributed by atoms with Gasteiger partial charge >= 0.3 is 0 Å². The van der Waals surface area contributed by atoms with E-state index in [0.717, 1.165) is 5.92 Å². The number of hydrogen-bond acceptors (Lipinski definition) is 1. The molecule has 1 N–H and O–H groups in total. The van der Waals surface area contributed by atoms with Crippen LogP contribution in [0.15, 0.2) is 0 Å². The Kier molecular flexibility index (Phi) is 1.26. The van der Waals surface area contributed by atoms with E-state index >= 15 is 0 Å². The molecule has 1 atom stereocenters. The summed E-state index contributed by atoms with van der Waals surface area (Å²) >= 11 is 0. The van der Waals surface area contributed by atoms with Crippen LogP contribution in [0.4, 0.5) is 0 Å². The number of hydrogen-bond donors (Lipinski definition) is 1. The molecular weight excluding hydrogens is 136 g/mol. The van der Waals surface area contributed by atoms with Crippen molar-refractivity contribution in [2.75, 3.05) is 0 Å². The molecule has 11 heavy (non-hydrogen) atoms. The molecule has 3 aliphatic rings. The predicted molar refractivity (Wildman–Crippen MR) is 45.2 cm³/mol. The van der Waals surface area contributed by atoms with E-state index in [0.29, 0.717) is 5.41 Å². The third-order valence-corrected chi connectivity index (χ3v) is 3.49. The lowest BCUT2D eigenvalue weighted by Gasteiger charge is -2.66. The van der Waals surface area contributed by atoms with Gasteiger partial charge in [0.05, 0.1) is 6.10 Å². The van der Waals surface area contributed by atoms with E-state index < -0.39 is 0 Å². The molecule has 1 unspecified atom stereocenters. The van der Waals surface area contributed by atoms with Crippen LogP contribution in [0.25, 0.3) is 0 Å². The third kappa shape index (κ3) is 0.868. The van der Waals surface area contributed by atoms with Gasteiger partial charge < -0.3 is 5.11 Å². The SMILES string of the molecule is CC(C)(C)C(O)C12CC(C1)C2. The van der Waals surface area contributed by atoms with Crippen molar-refractivity contribution in [3.8, 4) is 0 Å². The topological polar surface area (TPSA) is 20.2 Å². The highest BCUT2D eigenvalue weighted by Crippen LogP contribution is 2.68. The first kappa shape index (κ1) is 7.60. The molecule has 2 bridgehead atoms. The van der Waals surface area contributed by atoms with Gasteiger partial charge in [-0.15, -0.1) is 0 Å². The number of rotatable bonds is 1. The molecule has 3 fully saturated rings. The molecule has 0 saturated heterocycles. The number of aliphatic hydroxyl groups is 1. The minimum Gasteiger partial charge on any atom is -0.392 e. The summed E-state index contributed by atoms with van der Waals surface area (Å²) in [6.45, 7) is 6.41. The van der Waals surface area contributed by atoms with Crippen molar-refractivity contribution in [3.05, 3.63) is 0 Å². The van der Waals surface area contributed by atoms with E-state index in [1.54, 1.807) is 0 Å². The lowest BCUT2D eigenvalue weighted by molar-refractivity contribution is -0.212. The summed E-state index contributed by atoms with van der Waals surface area (Å²) in [6, 6.07) is 0. The van der Waals surface area contributed by atoms with Crippen LogP contribution >= 0.6 is 0 Å². The van der Waals surface area contributed by atoms with E-state index in [4.69, 9.17) is 0 Å². The Hall–Kier alpha value is -0.0400. The molecule has 0 spiro atoms. The first-order valence-electron chi connectivity index (χ1n) is 4.62. The summed E-state index contributed by atoms with van der Waals surface area (Å²) < 4.78 is 0. The minimum atomic E-state index is -0.0694. The molecule has 0 radical (unpaired) electrons. The van der Waals surface area contributed by atoms with Gasteiger partial charge in [0.15, 0.2) is 0 Å². The lowest BCUT2D eigenvalue weighted by Crippen LogP contribution is -2.61. The second-order valence-electron chi connectivity index (χ2n) is 5.61.